The second-order valence-corrected chi connectivity index (χ2v) is 9.82. The van der Waals surface area contributed by atoms with Gasteiger partial charge < -0.3 is 23.7 Å². The maximum Gasteiger partial charge on any atom is 0.192 e. The first kappa shape index (κ1) is 25.1. The van der Waals surface area contributed by atoms with Gasteiger partial charge in [-0.1, -0.05) is 53.4 Å². The van der Waals surface area contributed by atoms with Gasteiger partial charge in [0.25, 0.3) is 0 Å². The van der Waals surface area contributed by atoms with Crippen molar-refractivity contribution in [1.82, 2.24) is 0 Å². The van der Waals surface area contributed by atoms with Crippen molar-refractivity contribution in [3.05, 3.63) is 88.4 Å². The molecular weight excluding hydrogens is 496 g/mol. The van der Waals surface area contributed by atoms with Gasteiger partial charge in [0.2, 0.25) is 0 Å². The van der Waals surface area contributed by atoms with E-state index in [1.165, 1.54) is 0 Å². The number of methoxy groups -OCH3 is 1. The molecule has 5 nitrogen and oxygen atoms in total. The first-order chi connectivity index (χ1) is 16.5. The number of hydrogen-bond acceptors (Lipinski definition) is 5. The zero-order chi connectivity index (χ0) is 24.0. The van der Waals surface area contributed by atoms with Gasteiger partial charge >= 0.3 is 0 Å². The van der Waals surface area contributed by atoms with Crippen LogP contribution in [0, 0.1) is 0 Å². The van der Waals surface area contributed by atoms with Crippen molar-refractivity contribution in [1.29, 1.82) is 0 Å². The summed E-state index contributed by atoms with van der Waals surface area (Å²) in [5.41, 5.74) is 4.25. The van der Waals surface area contributed by atoms with Crippen molar-refractivity contribution < 1.29 is 23.7 Å². The smallest absolute Gasteiger partial charge is 0.192 e. The van der Waals surface area contributed by atoms with Gasteiger partial charge in [-0.3, -0.25) is 0 Å². The zero-order valence-electron chi connectivity index (χ0n) is 19.8. The van der Waals surface area contributed by atoms with E-state index in [0.717, 1.165) is 58.2 Å². The van der Waals surface area contributed by atoms with E-state index in [9.17, 15) is 0 Å². The highest BCUT2D eigenvalue weighted by atomic mass is 79.9. The molecular formula is C28H33BrO5. The molecule has 2 aliphatic rings. The predicted molar refractivity (Wildman–Crippen MR) is 136 cm³/mol. The van der Waals surface area contributed by atoms with Crippen LogP contribution in [0.3, 0.4) is 0 Å². The molecule has 0 amide bonds. The van der Waals surface area contributed by atoms with Crippen LogP contribution >= 0.6 is 15.9 Å². The lowest BCUT2D eigenvalue weighted by Gasteiger charge is -2.47. The molecule has 0 unspecified atom stereocenters. The number of rotatable bonds is 9. The molecule has 0 aliphatic carbocycles. The molecule has 182 valence electrons. The molecule has 0 N–H and O–H groups in total. The van der Waals surface area contributed by atoms with Crippen LogP contribution in [0.2, 0.25) is 0 Å². The highest BCUT2D eigenvalue weighted by Gasteiger charge is 2.46. The van der Waals surface area contributed by atoms with E-state index >= 15 is 0 Å². The Balaban J connectivity index is 1.29. The second kappa shape index (κ2) is 11.6. The minimum atomic E-state index is -0.792. The standard InChI is InChI=1S/C28H33BrO5/c1-20-14-15-28(34-27(20)19-32-17-22-5-9-24(29)10-6-22)21(2)4-11-26(33-28)18-31-16-23-7-12-25(30-3)13-8-23/h5-10,12-13,26-27H,1-2,4,11,14-19H2,3H3/t26-,27+,28+/m0/s1. The summed E-state index contributed by atoms with van der Waals surface area (Å²) < 4.78 is 31.2. The summed E-state index contributed by atoms with van der Waals surface area (Å²) >= 11 is 3.46. The molecule has 2 aliphatic heterocycles. The fourth-order valence-electron chi connectivity index (χ4n) is 4.31. The van der Waals surface area contributed by atoms with E-state index in [4.69, 9.17) is 23.7 Å². The highest BCUT2D eigenvalue weighted by molar-refractivity contribution is 9.10. The van der Waals surface area contributed by atoms with Gasteiger partial charge in [0.05, 0.1) is 39.6 Å². The average molecular weight is 529 g/mol. The Labute approximate surface area is 210 Å². The predicted octanol–water partition coefficient (Wildman–Crippen LogP) is 6.36. The van der Waals surface area contributed by atoms with Crippen molar-refractivity contribution in [2.24, 2.45) is 0 Å². The van der Waals surface area contributed by atoms with Crippen LogP contribution in [-0.2, 0) is 32.2 Å². The highest BCUT2D eigenvalue weighted by Crippen LogP contribution is 2.43. The van der Waals surface area contributed by atoms with Crippen LogP contribution in [-0.4, -0.2) is 38.3 Å². The van der Waals surface area contributed by atoms with Crippen LogP contribution < -0.4 is 4.74 Å². The Bertz CT molecular complexity index is 971. The lowest BCUT2D eigenvalue weighted by molar-refractivity contribution is -0.287. The first-order valence-electron chi connectivity index (χ1n) is 11.7. The second-order valence-electron chi connectivity index (χ2n) is 8.90. The maximum absolute atomic E-state index is 6.49. The summed E-state index contributed by atoms with van der Waals surface area (Å²) in [6.07, 6.45) is 3.01. The van der Waals surface area contributed by atoms with Gasteiger partial charge in [0, 0.05) is 10.9 Å². The summed E-state index contributed by atoms with van der Waals surface area (Å²) in [5, 5.41) is 0. The van der Waals surface area contributed by atoms with Gasteiger partial charge in [0.15, 0.2) is 5.79 Å². The maximum atomic E-state index is 6.49. The molecule has 2 aromatic carbocycles. The largest absolute Gasteiger partial charge is 0.497 e. The lowest BCUT2D eigenvalue weighted by Crippen LogP contribution is -2.51. The van der Waals surface area contributed by atoms with Crippen LogP contribution in [0.5, 0.6) is 5.75 Å². The molecule has 4 rings (SSSR count). The molecule has 34 heavy (non-hydrogen) atoms. The van der Waals surface area contributed by atoms with E-state index < -0.39 is 5.79 Å². The summed E-state index contributed by atoms with van der Waals surface area (Å²) in [6, 6.07) is 16.0. The minimum absolute atomic E-state index is 0.0422. The molecule has 2 saturated heterocycles. The third-order valence-corrected chi connectivity index (χ3v) is 6.94. The molecule has 2 heterocycles. The first-order valence-corrected chi connectivity index (χ1v) is 12.5. The monoisotopic (exact) mass is 528 g/mol. The van der Waals surface area contributed by atoms with Gasteiger partial charge in [-0.05, 0) is 65.8 Å². The molecule has 2 fully saturated rings. The molecule has 1 spiro atoms. The number of benzene rings is 2. The fourth-order valence-corrected chi connectivity index (χ4v) is 4.57. The molecule has 2 aromatic rings. The van der Waals surface area contributed by atoms with Crippen LogP contribution in [0.15, 0.2) is 77.3 Å². The Hall–Kier alpha value is -1.96. The quantitative estimate of drug-likeness (QED) is 0.354. The van der Waals surface area contributed by atoms with E-state index in [1.807, 2.05) is 48.5 Å². The summed E-state index contributed by atoms with van der Waals surface area (Å²) in [7, 11) is 1.66. The van der Waals surface area contributed by atoms with Gasteiger partial charge in [-0.2, -0.15) is 0 Å². The topological polar surface area (TPSA) is 46.2 Å². The number of halogens is 1. The summed E-state index contributed by atoms with van der Waals surface area (Å²) in [4.78, 5) is 0. The molecule has 6 heteroatoms. The number of ether oxygens (including phenoxy) is 5. The zero-order valence-corrected chi connectivity index (χ0v) is 21.3. The minimum Gasteiger partial charge on any atom is -0.497 e. The van der Waals surface area contributed by atoms with Crippen LogP contribution in [0.1, 0.15) is 36.8 Å². The van der Waals surface area contributed by atoms with Crippen molar-refractivity contribution in [3.8, 4) is 5.75 Å². The Morgan fingerprint density at radius 1 is 0.912 bits per heavy atom. The molecule has 0 bridgehead atoms. The molecule has 0 aromatic heterocycles. The number of hydrogen-bond donors (Lipinski definition) is 0. The average Bonchev–Trinajstić information content (AvgIpc) is 2.85. The van der Waals surface area contributed by atoms with E-state index in [2.05, 4.69) is 29.1 Å². The fraction of sp³-hybridized carbons (Fsp3) is 0.429. The third-order valence-electron chi connectivity index (χ3n) is 6.41. The van der Waals surface area contributed by atoms with Gasteiger partial charge in [-0.25, -0.2) is 0 Å². The summed E-state index contributed by atoms with van der Waals surface area (Å²) in [5.74, 6) is 0.0467. The molecule has 0 saturated carbocycles. The van der Waals surface area contributed by atoms with Crippen molar-refractivity contribution in [2.45, 2.75) is 56.9 Å². The van der Waals surface area contributed by atoms with Crippen LogP contribution in [0.25, 0.3) is 0 Å². The van der Waals surface area contributed by atoms with E-state index in [-0.39, 0.29) is 12.2 Å². The van der Waals surface area contributed by atoms with E-state index in [1.54, 1.807) is 7.11 Å². The normalized spacial score (nSPS) is 25.0. The van der Waals surface area contributed by atoms with Gasteiger partial charge in [0.1, 0.15) is 11.9 Å². The SMILES string of the molecule is C=C1CC[C@@]2(O[C@H](COCc3ccc(OC)cc3)CCC2=C)O[C@@H]1COCc1ccc(Br)cc1. The van der Waals surface area contributed by atoms with Crippen molar-refractivity contribution in [3.63, 3.8) is 0 Å². The third kappa shape index (κ3) is 6.37. The van der Waals surface area contributed by atoms with Crippen LogP contribution in [0.4, 0.5) is 0 Å². The molecule has 0 radical (unpaired) electrons. The Morgan fingerprint density at radius 3 is 2.24 bits per heavy atom. The Kier molecular flexibility index (Phi) is 8.61. The van der Waals surface area contributed by atoms with Crippen molar-refractivity contribution >= 4 is 15.9 Å². The van der Waals surface area contributed by atoms with Gasteiger partial charge in [-0.15, -0.1) is 0 Å². The van der Waals surface area contributed by atoms with Crippen molar-refractivity contribution in [2.75, 3.05) is 20.3 Å². The summed E-state index contributed by atoms with van der Waals surface area (Å²) in [6.45, 7) is 10.5. The Morgan fingerprint density at radius 2 is 1.56 bits per heavy atom. The molecule has 3 atom stereocenters. The lowest BCUT2D eigenvalue weighted by atomic mass is 9.88. The van der Waals surface area contributed by atoms with E-state index in [0.29, 0.717) is 26.4 Å².